The number of nitrogens with zero attached hydrogens (tertiary/aromatic N) is 3. The van der Waals surface area contributed by atoms with Crippen LogP contribution in [0.15, 0.2) is 41.2 Å². The van der Waals surface area contributed by atoms with E-state index in [2.05, 4.69) is 15.1 Å². The Morgan fingerprint density at radius 1 is 1.24 bits per heavy atom. The van der Waals surface area contributed by atoms with Gasteiger partial charge in [0, 0.05) is 24.0 Å². The molecule has 0 saturated heterocycles. The first-order valence-electron chi connectivity index (χ1n) is 6.45. The number of phenols is 1. The van der Waals surface area contributed by atoms with E-state index in [4.69, 9.17) is 4.52 Å². The Hall–Kier alpha value is -2.76. The molecule has 5 nitrogen and oxygen atoms in total. The van der Waals surface area contributed by atoms with Gasteiger partial charge >= 0.3 is 0 Å². The summed E-state index contributed by atoms with van der Waals surface area (Å²) < 4.78 is 18.2. The SMILES string of the molecule is CCc1cnccc1-c1noc(-c2ccc(F)cc2O)n1. The van der Waals surface area contributed by atoms with Gasteiger partial charge in [-0.3, -0.25) is 4.98 Å². The van der Waals surface area contributed by atoms with Crippen molar-refractivity contribution in [2.24, 2.45) is 0 Å². The highest BCUT2D eigenvalue weighted by atomic mass is 19.1. The van der Waals surface area contributed by atoms with Gasteiger partial charge in [0.05, 0.1) is 5.56 Å². The summed E-state index contributed by atoms with van der Waals surface area (Å²) in [5.41, 5.74) is 2.11. The fourth-order valence-electron chi connectivity index (χ4n) is 2.05. The first-order valence-corrected chi connectivity index (χ1v) is 6.45. The van der Waals surface area contributed by atoms with E-state index < -0.39 is 5.82 Å². The third-order valence-corrected chi connectivity index (χ3v) is 3.14. The minimum atomic E-state index is -0.529. The number of aromatic hydroxyl groups is 1. The zero-order valence-corrected chi connectivity index (χ0v) is 11.2. The quantitative estimate of drug-likeness (QED) is 0.800. The molecule has 0 amide bonds. The molecule has 0 aliphatic heterocycles. The summed E-state index contributed by atoms with van der Waals surface area (Å²) >= 11 is 0. The lowest BCUT2D eigenvalue weighted by Gasteiger charge is -2.01. The van der Waals surface area contributed by atoms with Gasteiger partial charge in [0.15, 0.2) is 0 Å². The average molecular weight is 285 g/mol. The van der Waals surface area contributed by atoms with Gasteiger partial charge in [-0.15, -0.1) is 0 Å². The largest absolute Gasteiger partial charge is 0.507 e. The summed E-state index contributed by atoms with van der Waals surface area (Å²) in [7, 11) is 0. The molecular weight excluding hydrogens is 273 g/mol. The summed E-state index contributed by atoms with van der Waals surface area (Å²) in [6.45, 7) is 2.01. The van der Waals surface area contributed by atoms with Gasteiger partial charge < -0.3 is 9.63 Å². The highest BCUT2D eigenvalue weighted by Gasteiger charge is 2.16. The van der Waals surface area contributed by atoms with E-state index in [1.165, 1.54) is 12.1 Å². The normalized spacial score (nSPS) is 10.8. The highest BCUT2D eigenvalue weighted by molar-refractivity contribution is 5.65. The molecule has 2 aromatic heterocycles. The molecule has 0 radical (unpaired) electrons. The number of pyridine rings is 1. The van der Waals surface area contributed by atoms with Gasteiger partial charge in [0.25, 0.3) is 5.89 Å². The average Bonchev–Trinajstić information content (AvgIpc) is 2.96. The van der Waals surface area contributed by atoms with Crippen LogP contribution in [-0.4, -0.2) is 20.2 Å². The third-order valence-electron chi connectivity index (χ3n) is 3.14. The van der Waals surface area contributed by atoms with Crippen molar-refractivity contribution < 1.29 is 14.0 Å². The van der Waals surface area contributed by atoms with E-state index in [9.17, 15) is 9.50 Å². The monoisotopic (exact) mass is 285 g/mol. The molecule has 6 heteroatoms. The molecule has 3 aromatic rings. The van der Waals surface area contributed by atoms with Crippen molar-refractivity contribution in [1.82, 2.24) is 15.1 Å². The van der Waals surface area contributed by atoms with Crippen molar-refractivity contribution in [3.05, 3.63) is 48.0 Å². The molecule has 0 atom stereocenters. The van der Waals surface area contributed by atoms with Crippen LogP contribution in [-0.2, 0) is 6.42 Å². The molecule has 0 spiro atoms. The standard InChI is InChI=1S/C15H12FN3O2/c1-2-9-8-17-6-5-11(9)14-18-15(21-19-14)12-4-3-10(16)7-13(12)20/h3-8,20H,2H2,1H3. The van der Waals surface area contributed by atoms with Crippen molar-refractivity contribution in [2.75, 3.05) is 0 Å². The van der Waals surface area contributed by atoms with Crippen molar-refractivity contribution in [3.63, 3.8) is 0 Å². The molecule has 0 aliphatic rings. The molecule has 3 rings (SSSR count). The fourth-order valence-corrected chi connectivity index (χ4v) is 2.05. The molecular formula is C15H12FN3O2. The Kier molecular flexibility index (Phi) is 3.35. The van der Waals surface area contributed by atoms with E-state index in [1.54, 1.807) is 18.5 Å². The zero-order valence-electron chi connectivity index (χ0n) is 11.2. The number of hydrogen-bond acceptors (Lipinski definition) is 5. The number of hydrogen-bond donors (Lipinski definition) is 1. The van der Waals surface area contributed by atoms with Crippen LogP contribution in [0.5, 0.6) is 5.75 Å². The predicted molar refractivity (Wildman–Crippen MR) is 74.0 cm³/mol. The number of benzene rings is 1. The highest BCUT2D eigenvalue weighted by Crippen LogP contribution is 2.30. The first-order chi connectivity index (χ1) is 10.2. The fraction of sp³-hybridized carbons (Fsp3) is 0.133. The smallest absolute Gasteiger partial charge is 0.262 e. The van der Waals surface area contributed by atoms with Crippen LogP contribution in [0.4, 0.5) is 4.39 Å². The zero-order chi connectivity index (χ0) is 14.8. The minimum Gasteiger partial charge on any atom is -0.507 e. The van der Waals surface area contributed by atoms with Crippen LogP contribution in [0.3, 0.4) is 0 Å². The third kappa shape index (κ3) is 2.47. The molecule has 0 bridgehead atoms. The van der Waals surface area contributed by atoms with Crippen LogP contribution in [0, 0.1) is 5.82 Å². The molecule has 0 unspecified atom stereocenters. The maximum Gasteiger partial charge on any atom is 0.262 e. The summed E-state index contributed by atoms with van der Waals surface area (Å²) in [5, 5.41) is 13.7. The lowest BCUT2D eigenvalue weighted by atomic mass is 10.1. The molecule has 21 heavy (non-hydrogen) atoms. The lowest BCUT2D eigenvalue weighted by molar-refractivity contribution is 0.425. The predicted octanol–water partition coefficient (Wildman–Crippen LogP) is 3.21. The molecule has 1 aromatic carbocycles. The molecule has 2 heterocycles. The summed E-state index contributed by atoms with van der Waals surface area (Å²) in [5.74, 6) is -0.219. The Balaban J connectivity index is 2.04. The number of aromatic nitrogens is 3. The van der Waals surface area contributed by atoms with Gasteiger partial charge in [-0.25, -0.2) is 4.39 Å². The van der Waals surface area contributed by atoms with Crippen LogP contribution in [0.1, 0.15) is 12.5 Å². The molecule has 0 saturated carbocycles. The van der Waals surface area contributed by atoms with E-state index in [0.717, 1.165) is 23.6 Å². The second-order valence-electron chi connectivity index (χ2n) is 4.47. The second-order valence-corrected chi connectivity index (χ2v) is 4.47. The maximum atomic E-state index is 13.0. The molecule has 1 N–H and O–H groups in total. The van der Waals surface area contributed by atoms with Gasteiger partial charge in [0.2, 0.25) is 5.82 Å². The number of aryl methyl sites for hydroxylation is 1. The Morgan fingerprint density at radius 3 is 2.86 bits per heavy atom. The molecule has 0 fully saturated rings. The topological polar surface area (TPSA) is 72.0 Å². The van der Waals surface area contributed by atoms with Crippen molar-refractivity contribution in [2.45, 2.75) is 13.3 Å². The van der Waals surface area contributed by atoms with Gasteiger partial charge in [-0.05, 0) is 30.2 Å². The van der Waals surface area contributed by atoms with Gasteiger partial charge in [0.1, 0.15) is 11.6 Å². The molecule has 106 valence electrons. The number of phenolic OH excluding ortho intramolecular Hbond substituents is 1. The maximum absolute atomic E-state index is 13.0. The number of rotatable bonds is 3. The van der Waals surface area contributed by atoms with Crippen LogP contribution < -0.4 is 0 Å². The second kappa shape index (κ2) is 5.32. The minimum absolute atomic E-state index is 0.140. The van der Waals surface area contributed by atoms with Crippen molar-refractivity contribution in [3.8, 4) is 28.6 Å². The van der Waals surface area contributed by atoms with Gasteiger partial charge in [-0.1, -0.05) is 12.1 Å². The Labute approximate surface area is 120 Å². The van der Waals surface area contributed by atoms with E-state index in [0.29, 0.717) is 11.4 Å². The summed E-state index contributed by atoms with van der Waals surface area (Å²) in [6, 6.07) is 5.43. The van der Waals surface area contributed by atoms with E-state index in [1.807, 2.05) is 6.92 Å². The van der Waals surface area contributed by atoms with Crippen molar-refractivity contribution >= 4 is 0 Å². The van der Waals surface area contributed by atoms with Crippen LogP contribution in [0.2, 0.25) is 0 Å². The Bertz CT molecular complexity index is 786. The van der Waals surface area contributed by atoms with Crippen molar-refractivity contribution in [1.29, 1.82) is 0 Å². The van der Waals surface area contributed by atoms with Gasteiger partial charge in [-0.2, -0.15) is 4.98 Å². The Morgan fingerprint density at radius 2 is 2.10 bits per heavy atom. The first kappa shape index (κ1) is 13.2. The van der Waals surface area contributed by atoms with E-state index >= 15 is 0 Å². The van der Waals surface area contributed by atoms with Crippen LogP contribution >= 0.6 is 0 Å². The summed E-state index contributed by atoms with van der Waals surface area (Å²) in [6.07, 6.45) is 4.19. The molecule has 0 aliphatic carbocycles. The van der Waals surface area contributed by atoms with Crippen LogP contribution in [0.25, 0.3) is 22.8 Å². The lowest BCUT2D eigenvalue weighted by Crippen LogP contribution is -1.90. The van der Waals surface area contributed by atoms with E-state index in [-0.39, 0.29) is 11.6 Å². The summed E-state index contributed by atoms with van der Waals surface area (Å²) in [4.78, 5) is 8.32. The number of halogens is 1.